The van der Waals surface area contributed by atoms with Gasteiger partial charge in [0.1, 0.15) is 11.2 Å². The third-order valence-corrected chi connectivity index (χ3v) is 8.78. The Morgan fingerprint density at radius 2 is 1.36 bits per heavy atom. The van der Waals surface area contributed by atoms with Crippen molar-refractivity contribution in [2.45, 2.75) is 85.0 Å². The molecule has 9 heteroatoms. The standard InChI is InChI=1S/C36H52N4O5/c1-34(2,3)44-32(41)39-17-15-38(16-18-39)25-27-10-12-30-29(23-27)36(7,8)28-11-9-26(13-14-37-19-21-43-22-20-37)24-31(28)40(30)33(42)45-35(4,5)6/h9-12,23-24H,13-22,25H2,1-8H3. The first-order chi connectivity index (χ1) is 21.1. The van der Waals surface area contributed by atoms with E-state index in [1.165, 1.54) is 11.1 Å². The van der Waals surface area contributed by atoms with Crippen LogP contribution in [0.1, 0.15) is 77.6 Å². The monoisotopic (exact) mass is 620 g/mol. The van der Waals surface area contributed by atoms with Crippen LogP contribution in [0.2, 0.25) is 0 Å². The molecular weight excluding hydrogens is 568 g/mol. The van der Waals surface area contributed by atoms with Gasteiger partial charge in [-0.2, -0.15) is 0 Å². The van der Waals surface area contributed by atoms with E-state index < -0.39 is 11.2 Å². The number of anilines is 2. The fourth-order valence-corrected chi connectivity index (χ4v) is 6.39. The Morgan fingerprint density at radius 1 is 0.733 bits per heavy atom. The topological polar surface area (TPSA) is 74.8 Å². The quantitative estimate of drug-likeness (QED) is 0.387. The fraction of sp³-hybridized carbons (Fsp3) is 0.611. The maximum absolute atomic E-state index is 13.9. The van der Waals surface area contributed by atoms with E-state index in [0.29, 0.717) is 13.1 Å². The van der Waals surface area contributed by atoms with Gasteiger partial charge in [-0.25, -0.2) is 14.5 Å². The summed E-state index contributed by atoms with van der Waals surface area (Å²) in [5.41, 5.74) is 4.92. The van der Waals surface area contributed by atoms with E-state index >= 15 is 0 Å². The summed E-state index contributed by atoms with van der Waals surface area (Å²) in [5.74, 6) is 0. The number of hydrogen-bond donors (Lipinski definition) is 0. The van der Waals surface area contributed by atoms with Gasteiger partial charge < -0.3 is 19.1 Å². The largest absolute Gasteiger partial charge is 0.444 e. The number of ether oxygens (including phenoxy) is 3. The summed E-state index contributed by atoms with van der Waals surface area (Å²) < 4.78 is 17.1. The third-order valence-electron chi connectivity index (χ3n) is 8.78. The van der Waals surface area contributed by atoms with Crippen molar-refractivity contribution in [2.75, 3.05) is 63.9 Å². The van der Waals surface area contributed by atoms with Crippen LogP contribution >= 0.6 is 0 Å². The van der Waals surface area contributed by atoms with Crippen LogP contribution in [0.4, 0.5) is 21.0 Å². The number of rotatable bonds is 5. The Morgan fingerprint density at radius 3 is 2.00 bits per heavy atom. The van der Waals surface area contributed by atoms with Gasteiger partial charge in [-0.1, -0.05) is 38.1 Å². The van der Waals surface area contributed by atoms with Crippen molar-refractivity contribution in [3.05, 3.63) is 58.7 Å². The van der Waals surface area contributed by atoms with Crippen molar-refractivity contribution in [1.82, 2.24) is 14.7 Å². The molecule has 0 N–H and O–H groups in total. The number of benzene rings is 2. The summed E-state index contributed by atoms with van der Waals surface area (Å²) in [6, 6.07) is 13.1. The van der Waals surface area contributed by atoms with E-state index in [1.807, 2.05) is 41.5 Å². The van der Waals surface area contributed by atoms with Crippen molar-refractivity contribution in [3.63, 3.8) is 0 Å². The van der Waals surface area contributed by atoms with Crippen LogP contribution in [0.5, 0.6) is 0 Å². The molecule has 2 aromatic carbocycles. The second-order valence-electron chi connectivity index (χ2n) is 15.1. The van der Waals surface area contributed by atoms with Gasteiger partial charge in [0.15, 0.2) is 0 Å². The molecule has 0 unspecified atom stereocenters. The van der Waals surface area contributed by atoms with Gasteiger partial charge in [-0.15, -0.1) is 0 Å². The molecule has 0 aliphatic carbocycles. The average molecular weight is 621 g/mol. The Bertz CT molecular complexity index is 1380. The third kappa shape index (κ3) is 7.99. The van der Waals surface area contributed by atoms with Crippen molar-refractivity contribution >= 4 is 23.6 Å². The highest BCUT2D eigenvalue weighted by molar-refractivity contribution is 6.00. The van der Waals surface area contributed by atoms with E-state index in [4.69, 9.17) is 14.2 Å². The molecule has 2 amide bonds. The van der Waals surface area contributed by atoms with Crippen LogP contribution in [0, 0.1) is 0 Å². The predicted octanol–water partition coefficient (Wildman–Crippen LogP) is 6.33. The maximum atomic E-state index is 13.9. The molecule has 2 saturated heterocycles. The van der Waals surface area contributed by atoms with Gasteiger partial charge in [0.05, 0.1) is 24.6 Å². The number of morpholine rings is 1. The fourth-order valence-electron chi connectivity index (χ4n) is 6.39. The number of carbonyl (C=O) groups is 2. The number of amides is 2. The molecular formula is C36H52N4O5. The Kier molecular flexibility index (Phi) is 9.55. The molecule has 3 aliphatic heterocycles. The molecule has 0 saturated carbocycles. The number of fused-ring (bicyclic) bond motifs is 2. The van der Waals surface area contributed by atoms with Crippen molar-refractivity contribution in [1.29, 1.82) is 0 Å². The molecule has 0 spiro atoms. The highest BCUT2D eigenvalue weighted by atomic mass is 16.6. The zero-order valence-electron chi connectivity index (χ0n) is 28.6. The lowest BCUT2D eigenvalue weighted by Gasteiger charge is -2.42. The molecule has 2 fully saturated rings. The number of carbonyl (C=O) groups excluding carboxylic acids is 2. The molecule has 0 bridgehead atoms. The minimum atomic E-state index is -0.625. The van der Waals surface area contributed by atoms with Gasteiger partial charge >= 0.3 is 12.2 Å². The highest BCUT2D eigenvalue weighted by Crippen LogP contribution is 2.50. The lowest BCUT2D eigenvalue weighted by Crippen LogP contribution is -2.49. The van der Waals surface area contributed by atoms with Crippen molar-refractivity contribution in [3.8, 4) is 0 Å². The molecule has 0 atom stereocenters. The molecule has 2 aromatic rings. The van der Waals surface area contributed by atoms with Crippen LogP contribution in [0.3, 0.4) is 0 Å². The number of nitrogens with zero attached hydrogens (tertiary/aromatic N) is 4. The van der Waals surface area contributed by atoms with Gasteiger partial charge in [0.25, 0.3) is 0 Å². The van der Waals surface area contributed by atoms with E-state index in [-0.39, 0.29) is 17.6 Å². The smallest absolute Gasteiger partial charge is 0.419 e. The van der Waals surface area contributed by atoms with E-state index in [1.54, 1.807) is 9.80 Å². The molecule has 0 aromatic heterocycles. The Hall–Kier alpha value is -3.14. The molecule has 0 radical (unpaired) electrons. The SMILES string of the molecule is CC(C)(C)OC(=O)N1CCN(Cc2ccc3c(c2)C(C)(C)c2ccc(CCN4CCOCC4)cc2N3C(=O)OC(C)(C)C)CC1. The van der Waals surface area contributed by atoms with Gasteiger partial charge in [0, 0.05) is 57.8 Å². The van der Waals surface area contributed by atoms with Crippen molar-refractivity contribution in [2.24, 2.45) is 0 Å². The summed E-state index contributed by atoms with van der Waals surface area (Å²) in [7, 11) is 0. The molecule has 246 valence electrons. The first-order valence-corrected chi connectivity index (χ1v) is 16.4. The zero-order chi connectivity index (χ0) is 32.6. The number of piperazine rings is 1. The Labute approximate surface area is 269 Å². The Balaban J connectivity index is 1.38. The van der Waals surface area contributed by atoms with Gasteiger partial charge in [-0.3, -0.25) is 9.80 Å². The number of hydrogen-bond acceptors (Lipinski definition) is 7. The van der Waals surface area contributed by atoms with E-state index in [9.17, 15) is 9.59 Å². The zero-order valence-corrected chi connectivity index (χ0v) is 28.6. The van der Waals surface area contributed by atoms with Crippen molar-refractivity contribution < 1.29 is 23.8 Å². The first-order valence-electron chi connectivity index (χ1n) is 16.4. The highest BCUT2D eigenvalue weighted by Gasteiger charge is 2.40. The normalized spacial score (nSPS) is 19.1. The summed E-state index contributed by atoms with van der Waals surface area (Å²) in [4.78, 5) is 34.8. The second-order valence-corrected chi connectivity index (χ2v) is 15.1. The lowest BCUT2D eigenvalue weighted by molar-refractivity contribution is 0.0138. The van der Waals surface area contributed by atoms with Crippen LogP contribution < -0.4 is 4.90 Å². The van der Waals surface area contributed by atoms with Crippen LogP contribution in [0.25, 0.3) is 0 Å². The van der Waals surface area contributed by atoms with E-state index in [2.05, 4.69) is 60.0 Å². The van der Waals surface area contributed by atoms with E-state index in [0.717, 1.165) is 81.4 Å². The minimum Gasteiger partial charge on any atom is -0.444 e. The summed E-state index contributed by atoms with van der Waals surface area (Å²) >= 11 is 0. The maximum Gasteiger partial charge on any atom is 0.419 e. The average Bonchev–Trinajstić information content (AvgIpc) is 2.95. The van der Waals surface area contributed by atoms with Gasteiger partial charge in [0.2, 0.25) is 0 Å². The molecule has 3 heterocycles. The van der Waals surface area contributed by atoms with Gasteiger partial charge in [-0.05, 0) is 82.3 Å². The molecule has 5 rings (SSSR count). The first kappa shape index (κ1) is 33.2. The molecule has 45 heavy (non-hydrogen) atoms. The summed E-state index contributed by atoms with van der Waals surface area (Å²) in [6.45, 7) is 23.9. The lowest BCUT2D eigenvalue weighted by atomic mass is 9.73. The van der Waals surface area contributed by atoms with Crippen LogP contribution in [0.15, 0.2) is 36.4 Å². The second kappa shape index (κ2) is 12.9. The van der Waals surface area contributed by atoms with Crippen LogP contribution in [-0.2, 0) is 32.6 Å². The summed E-state index contributed by atoms with van der Waals surface area (Å²) in [5, 5.41) is 0. The minimum absolute atomic E-state index is 0.247. The summed E-state index contributed by atoms with van der Waals surface area (Å²) in [6.07, 6.45) is 0.294. The molecule has 3 aliphatic rings. The van der Waals surface area contributed by atoms with Crippen LogP contribution in [-0.4, -0.2) is 97.1 Å². The molecule has 9 nitrogen and oxygen atoms in total. The predicted molar refractivity (Wildman–Crippen MR) is 177 cm³/mol.